The van der Waals surface area contributed by atoms with Crippen LogP contribution in [0.1, 0.15) is 16.1 Å². The highest BCUT2D eigenvalue weighted by molar-refractivity contribution is 9.08. The van der Waals surface area contributed by atoms with Gasteiger partial charge >= 0.3 is 5.97 Å². The van der Waals surface area contributed by atoms with Gasteiger partial charge in [-0.05, 0) is 18.2 Å². The summed E-state index contributed by atoms with van der Waals surface area (Å²) in [6, 6.07) is 7.04. The van der Waals surface area contributed by atoms with Crippen LogP contribution in [0.25, 0.3) is 10.9 Å². The molecule has 0 saturated carbocycles. The van der Waals surface area contributed by atoms with Gasteiger partial charge in [-0.1, -0.05) is 33.6 Å². The fraction of sp³-hybridized carbons (Fsp3) is 0.167. The molecule has 0 saturated heterocycles. The predicted molar refractivity (Wildman–Crippen MR) is 70.7 cm³/mol. The molecule has 1 aromatic carbocycles. The van der Waals surface area contributed by atoms with Crippen molar-refractivity contribution in [2.75, 3.05) is 7.11 Å². The van der Waals surface area contributed by atoms with Crippen molar-refractivity contribution in [2.45, 2.75) is 5.33 Å². The van der Waals surface area contributed by atoms with E-state index in [1.165, 1.54) is 7.11 Å². The zero-order valence-corrected chi connectivity index (χ0v) is 11.4. The largest absolute Gasteiger partial charge is 0.465 e. The summed E-state index contributed by atoms with van der Waals surface area (Å²) in [5.74, 6) is -0.410. The van der Waals surface area contributed by atoms with E-state index >= 15 is 0 Å². The van der Waals surface area contributed by atoms with Crippen LogP contribution in [0, 0.1) is 0 Å². The number of carbonyl (C=O) groups excluding carboxylic acids is 1. The molecule has 0 amide bonds. The number of fused-ring (bicyclic) bond motifs is 1. The lowest BCUT2D eigenvalue weighted by atomic mass is 10.1. The number of ether oxygens (including phenoxy) is 1. The van der Waals surface area contributed by atoms with Crippen LogP contribution in [0.4, 0.5) is 0 Å². The zero-order chi connectivity index (χ0) is 12.4. The van der Waals surface area contributed by atoms with Crippen molar-refractivity contribution in [3.05, 3.63) is 40.5 Å². The first-order valence-corrected chi connectivity index (χ1v) is 6.39. The second-order valence-electron chi connectivity index (χ2n) is 3.42. The predicted octanol–water partition coefficient (Wildman–Crippen LogP) is 3.57. The molecule has 0 aliphatic heterocycles. The van der Waals surface area contributed by atoms with Crippen LogP contribution in [0.3, 0.4) is 0 Å². The Morgan fingerprint density at radius 3 is 2.94 bits per heavy atom. The smallest absolute Gasteiger partial charge is 0.338 e. The Labute approximate surface area is 112 Å². The van der Waals surface area contributed by atoms with Crippen LogP contribution < -0.4 is 0 Å². The van der Waals surface area contributed by atoms with Crippen molar-refractivity contribution < 1.29 is 9.53 Å². The highest BCUT2D eigenvalue weighted by Gasteiger charge is 2.15. The lowest BCUT2D eigenvalue weighted by Crippen LogP contribution is -2.04. The van der Waals surface area contributed by atoms with E-state index in [9.17, 15) is 4.79 Å². The van der Waals surface area contributed by atoms with Gasteiger partial charge in [0.15, 0.2) is 0 Å². The van der Waals surface area contributed by atoms with Crippen LogP contribution in [0.2, 0.25) is 5.02 Å². The summed E-state index contributed by atoms with van der Waals surface area (Å²) < 4.78 is 4.76. The Morgan fingerprint density at radius 1 is 1.53 bits per heavy atom. The van der Waals surface area contributed by atoms with E-state index in [0.29, 0.717) is 26.8 Å². The summed E-state index contributed by atoms with van der Waals surface area (Å²) in [5.41, 5.74) is 1.90. The molecule has 0 unspecified atom stereocenters. The number of methoxy groups -OCH3 is 1. The molecule has 0 fully saturated rings. The van der Waals surface area contributed by atoms with Gasteiger partial charge in [0.1, 0.15) is 0 Å². The fourth-order valence-corrected chi connectivity index (χ4v) is 2.20. The van der Waals surface area contributed by atoms with Crippen molar-refractivity contribution in [3.63, 3.8) is 0 Å². The molecular formula is C12H9BrClNO2. The van der Waals surface area contributed by atoms with Gasteiger partial charge in [0.25, 0.3) is 0 Å². The van der Waals surface area contributed by atoms with Crippen LogP contribution in [0.5, 0.6) is 0 Å². The topological polar surface area (TPSA) is 39.2 Å². The minimum atomic E-state index is -0.410. The molecule has 5 heteroatoms. The number of hydrogen-bond acceptors (Lipinski definition) is 3. The summed E-state index contributed by atoms with van der Waals surface area (Å²) in [5, 5.41) is 1.70. The highest BCUT2D eigenvalue weighted by Crippen LogP contribution is 2.27. The molecule has 0 bridgehead atoms. The highest BCUT2D eigenvalue weighted by atomic mass is 79.9. The van der Waals surface area contributed by atoms with E-state index < -0.39 is 5.97 Å². The van der Waals surface area contributed by atoms with Crippen molar-refractivity contribution >= 4 is 44.4 Å². The fourth-order valence-electron chi connectivity index (χ4n) is 1.64. The standard InChI is InChI=1S/C12H9BrClNO2/c1-17-12(16)8-5-7(6-13)15-10-4-2-3-9(14)11(8)10/h2-5H,6H2,1H3. The lowest BCUT2D eigenvalue weighted by molar-refractivity contribution is 0.0603. The molecule has 0 radical (unpaired) electrons. The molecule has 2 rings (SSSR count). The van der Waals surface area contributed by atoms with Crippen LogP contribution >= 0.6 is 27.5 Å². The summed E-state index contributed by atoms with van der Waals surface area (Å²) in [7, 11) is 1.35. The van der Waals surface area contributed by atoms with E-state index in [1.54, 1.807) is 18.2 Å². The average molecular weight is 315 g/mol. The molecule has 0 atom stereocenters. The van der Waals surface area contributed by atoms with Gasteiger partial charge in [-0.15, -0.1) is 0 Å². The van der Waals surface area contributed by atoms with Crippen LogP contribution in [-0.4, -0.2) is 18.1 Å². The molecule has 17 heavy (non-hydrogen) atoms. The Bertz CT molecular complexity index is 586. The summed E-state index contributed by atoms with van der Waals surface area (Å²) >= 11 is 9.42. The lowest BCUT2D eigenvalue weighted by Gasteiger charge is -2.08. The summed E-state index contributed by atoms with van der Waals surface area (Å²) in [4.78, 5) is 16.1. The first-order valence-electron chi connectivity index (χ1n) is 4.89. The number of halogens is 2. The third-order valence-electron chi connectivity index (χ3n) is 2.38. The number of benzene rings is 1. The van der Waals surface area contributed by atoms with Crippen LogP contribution in [-0.2, 0) is 10.1 Å². The third-order valence-corrected chi connectivity index (χ3v) is 3.27. The quantitative estimate of drug-likeness (QED) is 0.628. The number of hydrogen-bond donors (Lipinski definition) is 0. The number of rotatable bonds is 2. The van der Waals surface area contributed by atoms with E-state index in [1.807, 2.05) is 6.07 Å². The first-order chi connectivity index (χ1) is 8.17. The van der Waals surface area contributed by atoms with E-state index in [2.05, 4.69) is 20.9 Å². The Balaban J connectivity index is 2.82. The molecule has 2 aromatic rings. The van der Waals surface area contributed by atoms with E-state index in [-0.39, 0.29) is 0 Å². The molecular weight excluding hydrogens is 305 g/mol. The van der Waals surface area contributed by atoms with Gasteiger partial charge in [0, 0.05) is 10.7 Å². The Kier molecular flexibility index (Phi) is 3.64. The Hall–Kier alpha value is -1.13. The molecule has 3 nitrogen and oxygen atoms in total. The first kappa shape index (κ1) is 12.3. The van der Waals surface area contributed by atoms with Crippen molar-refractivity contribution in [1.82, 2.24) is 4.98 Å². The van der Waals surface area contributed by atoms with Gasteiger partial charge in [-0.3, -0.25) is 4.98 Å². The molecule has 0 N–H and O–H groups in total. The molecule has 0 aliphatic carbocycles. The van der Waals surface area contributed by atoms with Gasteiger partial charge in [0.2, 0.25) is 0 Å². The SMILES string of the molecule is COC(=O)c1cc(CBr)nc2cccc(Cl)c12. The average Bonchev–Trinajstić information content (AvgIpc) is 2.36. The minimum absolute atomic E-state index is 0.410. The number of alkyl halides is 1. The van der Waals surface area contributed by atoms with Crippen molar-refractivity contribution in [3.8, 4) is 0 Å². The van der Waals surface area contributed by atoms with E-state index in [0.717, 1.165) is 5.69 Å². The number of nitrogens with zero attached hydrogens (tertiary/aromatic N) is 1. The summed E-state index contributed by atoms with van der Waals surface area (Å²) in [6.45, 7) is 0. The van der Waals surface area contributed by atoms with Gasteiger partial charge in [-0.2, -0.15) is 0 Å². The molecule has 1 aromatic heterocycles. The van der Waals surface area contributed by atoms with E-state index in [4.69, 9.17) is 16.3 Å². The second kappa shape index (κ2) is 5.02. The Morgan fingerprint density at radius 2 is 2.29 bits per heavy atom. The normalized spacial score (nSPS) is 10.5. The molecule has 0 spiro atoms. The van der Waals surface area contributed by atoms with Crippen molar-refractivity contribution in [1.29, 1.82) is 0 Å². The van der Waals surface area contributed by atoms with Crippen molar-refractivity contribution in [2.24, 2.45) is 0 Å². The number of carbonyl (C=O) groups is 1. The second-order valence-corrected chi connectivity index (χ2v) is 4.39. The third kappa shape index (κ3) is 2.28. The van der Waals surface area contributed by atoms with Gasteiger partial charge < -0.3 is 4.74 Å². The maximum Gasteiger partial charge on any atom is 0.338 e. The van der Waals surface area contributed by atoms with Gasteiger partial charge in [-0.25, -0.2) is 4.79 Å². The molecule has 1 heterocycles. The monoisotopic (exact) mass is 313 g/mol. The number of aromatic nitrogens is 1. The zero-order valence-electron chi connectivity index (χ0n) is 9.04. The molecule has 88 valence electrons. The van der Waals surface area contributed by atoms with Gasteiger partial charge in [0.05, 0.1) is 28.9 Å². The number of esters is 1. The van der Waals surface area contributed by atoms with Crippen LogP contribution in [0.15, 0.2) is 24.3 Å². The maximum atomic E-state index is 11.7. The summed E-state index contributed by atoms with van der Waals surface area (Å²) in [6.07, 6.45) is 0. The minimum Gasteiger partial charge on any atom is -0.465 e. The number of pyridine rings is 1. The molecule has 0 aliphatic rings. The maximum absolute atomic E-state index is 11.7.